The van der Waals surface area contributed by atoms with E-state index < -0.39 is 0 Å². The van der Waals surface area contributed by atoms with E-state index in [1.807, 2.05) is 6.07 Å². The Morgan fingerprint density at radius 3 is 2.41 bits per heavy atom. The number of nitrogens with one attached hydrogen (secondary N) is 1. The lowest BCUT2D eigenvalue weighted by Crippen LogP contribution is -2.29. The average Bonchev–Trinajstić information content (AvgIpc) is 2.39. The first-order valence-corrected chi connectivity index (χ1v) is 6.61. The van der Waals surface area contributed by atoms with Gasteiger partial charge in [-0.3, -0.25) is 5.84 Å². The number of nitrogens with zero attached hydrogens (tertiary/aromatic N) is 2. The Kier molecular flexibility index (Phi) is 7.51. The molecule has 3 N–H and O–H groups in total. The number of rotatable bonds is 9. The van der Waals surface area contributed by atoms with Crippen molar-refractivity contribution in [2.75, 3.05) is 0 Å². The number of nitrogens with two attached hydrogens (primary N) is 1. The fourth-order valence-electron chi connectivity index (χ4n) is 1.91. The quantitative estimate of drug-likeness (QED) is 0.393. The summed E-state index contributed by atoms with van der Waals surface area (Å²) in [4.78, 5) is 8.45. The van der Waals surface area contributed by atoms with Crippen molar-refractivity contribution in [1.82, 2.24) is 15.4 Å². The van der Waals surface area contributed by atoms with Crippen molar-refractivity contribution in [2.45, 2.75) is 57.9 Å². The third kappa shape index (κ3) is 5.75. The summed E-state index contributed by atoms with van der Waals surface area (Å²) in [6.07, 6.45) is 12.3. The highest BCUT2D eigenvalue weighted by Gasteiger charge is 2.11. The monoisotopic (exact) mass is 236 g/mol. The van der Waals surface area contributed by atoms with Crippen LogP contribution in [0.15, 0.2) is 18.5 Å². The number of hydrogen-bond acceptors (Lipinski definition) is 4. The summed E-state index contributed by atoms with van der Waals surface area (Å²) >= 11 is 0. The van der Waals surface area contributed by atoms with Gasteiger partial charge in [0.1, 0.15) is 5.82 Å². The van der Waals surface area contributed by atoms with Crippen molar-refractivity contribution in [3.63, 3.8) is 0 Å². The van der Waals surface area contributed by atoms with Gasteiger partial charge in [0, 0.05) is 12.4 Å². The lowest BCUT2D eigenvalue weighted by atomic mass is 10.1. The zero-order valence-corrected chi connectivity index (χ0v) is 10.7. The van der Waals surface area contributed by atoms with E-state index in [1.54, 1.807) is 12.4 Å². The normalized spacial score (nSPS) is 12.6. The summed E-state index contributed by atoms with van der Waals surface area (Å²) in [6.45, 7) is 2.24. The second-order valence-electron chi connectivity index (χ2n) is 4.38. The Hall–Kier alpha value is -1.00. The van der Waals surface area contributed by atoms with Gasteiger partial charge in [0.15, 0.2) is 0 Å². The molecule has 1 aromatic heterocycles. The van der Waals surface area contributed by atoms with Gasteiger partial charge < -0.3 is 0 Å². The summed E-state index contributed by atoms with van der Waals surface area (Å²) in [5, 5.41) is 0. The molecule has 0 saturated heterocycles. The Balaban J connectivity index is 2.20. The van der Waals surface area contributed by atoms with Crippen LogP contribution in [-0.2, 0) is 0 Å². The van der Waals surface area contributed by atoms with Gasteiger partial charge in [0.25, 0.3) is 0 Å². The molecule has 96 valence electrons. The van der Waals surface area contributed by atoms with Gasteiger partial charge in [-0.1, -0.05) is 45.4 Å². The topological polar surface area (TPSA) is 63.8 Å². The molecule has 0 saturated carbocycles. The van der Waals surface area contributed by atoms with Gasteiger partial charge in [-0.2, -0.15) is 0 Å². The highest BCUT2D eigenvalue weighted by molar-refractivity contribution is 4.94. The summed E-state index contributed by atoms with van der Waals surface area (Å²) in [7, 11) is 0. The van der Waals surface area contributed by atoms with Crippen LogP contribution in [0.5, 0.6) is 0 Å². The molecule has 0 spiro atoms. The molecule has 1 heterocycles. The second-order valence-corrected chi connectivity index (χ2v) is 4.38. The molecule has 17 heavy (non-hydrogen) atoms. The number of hydrogen-bond donors (Lipinski definition) is 2. The lowest BCUT2D eigenvalue weighted by Gasteiger charge is -2.13. The van der Waals surface area contributed by atoms with E-state index >= 15 is 0 Å². The smallest absolute Gasteiger partial charge is 0.146 e. The van der Waals surface area contributed by atoms with Gasteiger partial charge in [-0.05, 0) is 12.5 Å². The SMILES string of the molecule is CCCCCCCCC(NN)c1ncccn1. The van der Waals surface area contributed by atoms with Crippen molar-refractivity contribution in [3.05, 3.63) is 24.3 Å². The summed E-state index contributed by atoms with van der Waals surface area (Å²) in [5.74, 6) is 6.33. The first kappa shape index (κ1) is 14.1. The molecule has 1 atom stereocenters. The number of unbranched alkanes of at least 4 members (excludes halogenated alkanes) is 5. The van der Waals surface area contributed by atoms with Crippen molar-refractivity contribution in [1.29, 1.82) is 0 Å². The zero-order valence-electron chi connectivity index (χ0n) is 10.7. The second kappa shape index (κ2) is 9.07. The summed E-state index contributed by atoms with van der Waals surface area (Å²) < 4.78 is 0. The van der Waals surface area contributed by atoms with Crippen LogP contribution in [0.1, 0.15) is 63.7 Å². The summed E-state index contributed by atoms with van der Waals surface area (Å²) in [6, 6.07) is 1.91. The predicted molar refractivity (Wildman–Crippen MR) is 70.1 cm³/mol. The first-order chi connectivity index (χ1) is 8.38. The Bertz CT molecular complexity index is 276. The molecular formula is C13H24N4. The molecule has 0 bridgehead atoms. The van der Waals surface area contributed by atoms with Crippen molar-refractivity contribution in [3.8, 4) is 0 Å². The van der Waals surface area contributed by atoms with Crippen LogP contribution >= 0.6 is 0 Å². The van der Waals surface area contributed by atoms with E-state index in [0.717, 1.165) is 12.2 Å². The fourth-order valence-corrected chi connectivity index (χ4v) is 1.91. The maximum Gasteiger partial charge on any atom is 0.146 e. The van der Waals surface area contributed by atoms with E-state index in [-0.39, 0.29) is 6.04 Å². The van der Waals surface area contributed by atoms with Crippen LogP contribution in [0.3, 0.4) is 0 Å². The minimum atomic E-state index is 0.0855. The minimum absolute atomic E-state index is 0.0855. The van der Waals surface area contributed by atoms with Crippen molar-refractivity contribution >= 4 is 0 Å². The zero-order chi connectivity index (χ0) is 12.3. The molecule has 0 aromatic carbocycles. The van der Waals surface area contributed by atoms with E-state index in [1.165, 1.54) is 38.5 Å². The van der Waals surface area contributed by atoms with Crippen molar-refractivity contribution < 1.29 is 0 Å². The van der Waals surface area contributed by atoms with Crippen LogP contribution in [0.25, 0.3) is 0 Å². The molecule has 1 unspecified atom stereocenters. The molecule has 0 aliphatic heterocycles. The molecule has 4 heteroatoms. The maximum atomic E-state index is 5.54. The number of hydrazine groups is 1. The molecule has 0 amide bonds. The average molecular weight is 236 g/mol. The highest BCUT2D eigenvalue weighted by Crippen LogP contribution is 2.16. The van der Waals surface area contributed by atoms with Gasteiger partial charge in [-0.25, -0.2) is 15.4 Å². The molecule has 0 fully saturated rings. The van der Waals surface area contributed by atoms with Crippen LogP contribution in [0, 0.1) is 0 Å². The fraction of sp³-hybridized carbons (Fsp3) is 0.692. The van der Waals surface area contributed by atoms with Gasteiger partial charge in [0.05, 0.1) is 6.04 Å². The Morgan fingerprint density at radius 2 is 1.76 bits per heavy atom. The minimum Gasteiger partial charge on any atom is -0.271 e. The van der Waals surface area contributed by atoms with Crippen LogP contribution < -0.4 is 11.3 Å². The molecule has 0 radical (unpaired) electrons. The van der Waals surface area contributed by atoms with E-state index in [0.29, 0.717) is 0 Å². The Labute approximate surface area is 104 Å². The number of aromatic nitrogens is 2. The summed E-state index contributed by atoms with van der Waals surface area (Å²) in [5.41, 5.74) is 2.80. The standard InChI is InChI=1S/C13H24N4/c1-2-3-4-5-6-7-9-12(17-14)13-15-10-8-11-16-13/h8,10-12,17H,2-7,9,14H2,1H3. The molecule has 1 rings (SSSR count). The van der Waals surface area contributed by atoms with Crippen LogP contribution in [0.2, 0.25) is 0 Å². The molecule has 4 nitrogen and oxygen atoms in total. The van der Waals surface area contributed by atoms with Gasteiger partial charge in [0.2, 0.25) is 0 Å². The molecule has 0 aliphatic rings. The van der Waals surface area contributed by atoms with E-state index in [9.17, 15) is 0 Å². The van der Waals surface area contributed by atoms with Crippen LogP contribution in [0.4, 0.5) is 0 Å². The Morgan fingerprint density at radius 1 is 1.12 bits per heavy atom. The lowest BCUT2D eigenvalue weighted by molar-refractivity contribution is 0.458. The third-order valence-electron chi connectivity index (χ3n) is 2.94. The van der Waals surface area contributed by atoms with Gasteiger partial charge in [-0.15, -0.1) is 0 Å². The van der Waals surface area contributed by atoms with Crippen LogP contribution in [-0.4, -0.2) is 9.97 Å². The molecule has 1 aromatic rings. The van der Waals surface area contributed by atoms with Crippen molar-refractivity contribution in [2.24, 2.45) is 5.84 Å². The van der Waals surface area contributed by atoms with E-state index in [4.69, 9.17) is 5.84 Å². The highest BCUT2D eigenvalue weighted by atomic mass is 15.2. The maximum absolute atomic E-state index is 5.54. The first-order valence-electron chi connectivity index (χ1n) is 6.61. The predicted octanol–water partition coefficient (Wildman–Crippen LogP) is 2.73. The van der Waals surface area contributed by atoms with Gasteiger partial charge >= 0.3 is 0 Å². The molecule has 0 aliphatic carbocycles. The largest absolute Gasteiger partial charge is 0.271 e. The van der Waals surface area contributed by atoms with E-state index in [2.05, 4.69) is 22.3 Å². The molecular weight excluding hydrogens is 212 g/mol. The third-order valence-corrected chi connectivity index (χ3v) is 2.94.